The van der Waals surface area contributed by atoms with Crippen LogP contribution in [0.1, 0.15) is 6.42 Å². The van der Waals surface area contributed by atoms with Crippen LogP contribution in [0.2, 0.25) is 0 Å². The zero-order chi connectivity index (χ0) is 11.5. The monoisotopic (exact) mass is 224 g/mol. The summed E-state index contributed by atoms with van der Waals surface area (Å²) in [7, 11) is 0. The van der Waals surface area contributed by atoms with Gasteiger partial charge in [-0.2, -0.15) is 0 Å². The molecule has 1 amide bonds. The van der Waals surface area contributed by atoms with Crippen LogP contribution in [0.3, 0.4) is 0 Å². The van der Waals surface area contributed by atoms with E-state index in [9.17, 15) is 9.18 Å². The van der Waals surface area contributed by atoms with E-state index in [0.717, 1.165) is 0 Å². The highest BCUT2D eigenvalue weighted by molar-refractivity contribution is 5.96. The molecule has 4 nitrogen and oxygen atoms in total. The minimum atomic E-state index is -0.450. The number of hydrogen-bond donors (Lipinski definition) is 1. The van der Waals surface area contributed by atoms with Crippen LogP contribution < -0.4 is 15.4 Å². The molecule has 0 saturated carbocycles. The predicted octanol–water partition coefficient (Wildman–Crippen LogP) is 0.900. The number of rotatable bonds is 1. The highest BCUT2D eigenvalue weighted by atomic mass is 19.1. The number of halogens is 1. The molecule has 1 aliphatic heterocycles. The van der Waals surface area contributed by atoms with Crippen LogP contribution in [-0.2, 0) is 4.79 Å². The Balaban J connectivity index is 2.44. The molecule has 1 heterocycles. The van der Waals surface area contributed by atoms with Crippen molar-refractivity contribution in [3.63, 3.8) is 0 Å². The largest absolute Gasteiger partial charge is 0.488 e. The number of benzene rings is 1. The third-order valence-corrected chi connectivity index (χ3v) is 2.49. The maximum atomic E-state index is 13.5. The average molecular weight is 224 g/mol. The topological polar surface area (TPSA) is 55.6 Å². The molecule has 0 atom stereocenters. The summed E-state index contributed by atoms with van der Waals surface area (Å²) in [6, 6.07) is 4.53. The van der Waals surface area contributed by atoms with Gasteiger partial charge in [0.15, 0.2) is 11.6 Å². The lowest BCUT2D eigenvalue weighted by Gasteiger charge is -2.20. The number of carbonyl (C=O) groups excluding carboxylic acids is 1. The van der Waals surface area contributed by atoms with E-state index in [2.05, 4.69) is 0 Å². The molecule has 0 fully saturated rings. The van der Waals surface area contributed by atoms with Crippen molar-refractivity contribution >= 4 is 11.6 Å². The van der Waals surface area contributed by atoms with Crippen LogP contribution in [0.5, 0.6) is 5.75 Å². The number of amides is 1. The minimum absolute atomic E-state index is 0.0873. The molecule has 2 N–H and O–H groups in total. The third-order valence-electron chi connectivity index (χ3n) is 2.49. The second-order valence-corrected chi connectivity index (χ2v) is 3.54. The number of nitrogens with two attached hydrogens (primary N) is 1. The van der Waals surface area contributed by atoms with Crippen LogP contribution in [-0.4, -0.2) is 25.6 Å². The van der Waals surface area contributed by atoms with Gasteiger partial charge in [-0.1, -0.05) is 6.07 Å². The van der Waals surface area contributed by atoms with Gasteiger partial charge in [-0.3, -0.25) is 4.79 Å². The fraction of sp³-hybridized carbons (Fsp3) is 0.364. The van der Waals surface area contributed by atoms with E-state index < -0.39 is 5.82 Å². The van der Waals surface area contributed by atoms with E-state index in [4.69, 9.17) is 10.5 Å². The summed E-state index contributed by atoms with van der Waals surface area (Å²) < 4.78 is 18.8. The number of para-hydroxylation sites is 1. The van der Waals surface area contributed by atoms with E-state index in [0.29, 0.717) is 25.3 Å². The summed E-state index contributed by atoms with van der Waals surface area (Å²) in [5.41, 5.74) is 5.79. The number of hydrogen-bond acceptors (Lipinski definition) is 3. The number of ether oxygens (including phenoxy) is 1. The van der Waals surface area contributed by atoms with Gasteiger partial charge in [0.2, 0.25) is 5.91 Å². The maximum absolute atomic E-state index is 13.5. The van der Waals surface area contributed by atoms with Gasteiger partial charge in [0.1, 0.15) is 0 Å². The molecule has 0 bridgehead atoms. The average Bonchev–Trinajstić information content (AvgIpc) is 2.51. The van der Waals surface area contributed by atoms with Gasteiger partial charge in [-0.05, 0) is 18.6 Å². The van der Waals surface area contributed by atoms with E-state index in [1.807, 2.05) is 0 Å². The van der Waals surface area contributed by atoms with Crippen molar-refractivity contribution in [3.05, 3.63) is 24.0 Å². The molecule has 86 valence electrons. The first kappa shape index (κ1) is 10.9. The summed E-state index contributed by atoms with van der Waals surface area (Å²) >= 11 is 0. The van der Waals surface area contributed by atoms with Gasteiger partial charge in [-0.15, -0.1) is 0 Å². The summed E-state index contributed by atoms with van der Waals surface area (Å²) in [4.78, 5) is 13.1. The fourth-order valence-corrected chi connectivity index (χ4v) is 1.74. The van der Waals surface area contributed by atoms with Crippen molar-refractivity contribution in [3.8, 4) is 5.75 Å². The molecular formula is C11H13FN2O2. The maximum Gasteiger partial charge on any atom is 0.240 e. The van der Waals surface area contributed by atoms with Gasteiger partial charge in [0.25, 0.3) is 0 Å². The molecule has 0 radical (unpaired) electrons. The third kappa shape index (κ3) is 1.86. The summed E-state index contributed by atoms with van der Waals surface area (Å²) in [5.74, 6) is -0.534. The van der Waals surface area contributed by atoms with Crippen LogP contribution in [0.15, 0.2) is 18.2 Å². The molecule has 2 rings (SSSR count). The normalized spacial score (nSPS) is 15.0. The second-order valence-electron chi connectivity index (χ2n) is 3.54. The molecule has 16 heavy (non-hydrogen) atoms. The van der Waals surface area contributed by atoms with Crippen molar-refractivity contribution in [2.45, 2.75) is 6.42 Å². The van der Waals surface area contributed by atoms with Crippen molar-refractivity contribution < 1.29 is 13.9 Å². The second kappa shape index (κ2) is 4.49. The zero-order valence-corrected chi connectivity index (χ0v) is 8.78. The molecule has 1 aromatic rings. The summed E-state index contributed by atoms with van der Waals surface area (Å²) in [6.07, 6.45) is 0.667. The fourth-order valence-electron chi connectivity index (χ4n) is 1.74. The molecule has 0 unspecified atom stereocenters. The van der Waals surface area contributed by atoms with Crippen LogP contribution in [0.4, 0.5) is 10.1 Å². The lowest BCUT2D eigenvalue weighted by atomic mass is 10.2. The van der Waals surface area contributed by atoms with Crippen molar-refractivity contribution in [2.24, 2.45) is 5.73 Å². The molecule has 0 spiro atoms. The lowest BCUT2D eigenvalue weighted by Crippen LogP contribution is -2.36. The minimum Gasteiger partial charge on any atom is -0.488 e. The molecular weight excluding hydrogens is 211 g/mol. The van der Waals surface area contributed by atoms with Crippen LogP contribution in [0, 0.1) is 5.82 Å². The zero-order valence-electron chi connectivity index (χ0n) is 8.78. The van der Waals surface area contributed by atoms with E-state index in [1.165, 1.54) is 11.0 Å². The van der Waals surface area contributed by atoms with Crippen LogP contribution >= 0.6 is 0 Å². The van der Waals surface area contributed by atoms with Crippen LogP contribution in [0.25, 0.3) is 0 Å². The van der Waals surface area contributed by atoms with Crippen molar-refractivity contribution in [1.29, 1.82) is 0 Å². The molecule has 5 heteroatoms. The Bertz CT molecular complexity index is 409. The first-order valence-corrected chi connectivity index (χ1v) is 5.16. The van der Waals surface area contributed by atoms with E-state index in [-0.39, 0.29) is 18.2 Å². The Morgan fingerprint density at radius 1 is 1.56 bits per heavy atom. The number of nitrogens with zero attached hydrogens (tertiary/aromatic N) is 1. The Hall–Kier alpha value is -1.62. The Morgan fingerprint density at radius 2 is 2.38 bits per heavy atom. The summed E-state index contributed by atoms with van der Waals surface area (Å²) in [6.45, 7) is 0.824. The van der Waals surface area contributed by atoms with E-state index in [1.54, 1.807) is 12.1 Å². The predicted molar refractivity (Wildman–Crippen MR) is 57.9 cm³/mol. The molecule has 0 aliphatic carbocycles. The van der Waals surface area contributed by atoms with Gasteiger partial charge >= 0.3 is 0 Å². The molecule has 0 aromatic heterocycles. The highest BCUT2D eigenvalue weighted by Gasteiger charge is 2.23. The van der Waals surface area contributed by atoms with Crippen molar-refractivity contribution in [2.75, 3.05) is 24.6 Å². The Labute approximate surface area is 92.8 Å². The molecule has 1 aromatic carbocycles. The Morgan fingerprint density at radius 3 is 3.12 bits per heavy atom. The molecule has 0 saturated heterocycles. The highest BCUT2D eigenvalue weighted by Crippen LogP contribution is 2.33. The standard InChI is InChI=1S/C11H13FN2O2/c12-8-3-1-4-9-11(8)16-6-2-5-14(9)10(15)7-13/h1,3-4H,2,5-7,13H2. The first-order valence-electron chi connectivity index (χ1n) is 5.16. The smallest absolute Gasteiger partial charge is 0.240 e. The van der Waals surface area contributed by atoms with Gasteiger partial charge in [-0.25, -0.2) is 4.39 Å². The summed E-state index contributed by atoms with van der Waals surface area (Å²) in [5, 5.41) is 0. The number of carbonyl (C=O) groups is 1. The quantitative estimate of drug-likeness (QED) is 0.771. The number of anilines is 1. The van der Waals surface area contributed by atoms with Crippen molar-refractivity contribution in [1.82, 2.24) is 0 Å². The van der Waals surface area contributed by atoms with Gasteiger partial charge in [0.05, 0.1) is 18.8 Å². The van der Waals surface area contributed by atoms with Gasteiger partial charge in [0, 0.05) is 6.54 Å². The lowest BCUT2D eigenvalue weighted by molar-refractivity contribution is -0.117. The van der Waals surface area contributed by atoms with Gasteiger partial charge < -0.3 is 15.4 Å². The Kier molecular flexibility index (Phi) is 3.05. The first-order chi connectivity index (χ1) is 7.74. The SMILES string of the molecule is NCC(=O)N1CCCOc2c(F)cccc21. The molecule has 1 aliphatic rings. The number of fused-ring (bicyclic) bond motifs is 1. The van der Waals surface area contributed by atoms with E-state index >= 15 is 0 Å².